The number of aliphatic carboxylic acids is 1. The number of fused-ring (bicyclic) bond motifs is 5. The van der Waals surface area contributed by atoms with E-state index in [1.807, 2.05) is 0 Å². The maximum Gasteiger partial charge on any atom is 0.349 e. The molecule has 0 unspecified atom stereocenters. The molecule has 2 N–H and O–H groups in total. The second-order valence-electron chi connectivity index (χ2n) is 12.4. The maximum atomic E-state index is 17.8. The number of esters is 1. The fraction of sp³-hybridized carbons (Fsp3) is 0.600. The summed E-state index contributed by atoms with van der Waals surface area (Å²) in [5.74, 6) is -5.76. The molecule has 0 bridgehead atoms. The maximum absolute atomic E-state index is 17.8. The van der Waals surface area contributed by atoms with Crippen LogP contribution in [0.2, 0.25) is 4.34 Å². The smallest absolute Gasteiger partial charge is 0.349 e. The van der Waals surface area contributed by atoms with Gasteiger partial charge in [-0.3, -0.25) is 14.4 Å². The molecule has 0 aliphatic heterocycles. The number of alkyl halides is 2. The molecule has 7 nitrogen and oxygen atoms in total. The van der Waals surface area contributed by atoms with Crippen LogP contribution in [0.15, 0.2) is 35.4 Å². The van der Waals surface area contributed by atoms with Crippen LogP contribution in [0.25, 0.3) is 0 Å². The van der Waals surface area contributed by atoms with Crippen molar-refractivity contribution in [2.75, 3.05) is 0 Å². The predicted octanol–water partition coefficient (Wildman–Crippen LogP) is 5.69. The molecule has 41 heavy (non-hydrogen) atoms. The number of allylic oxidation sites excluding steroid dienone is 4. The van der Waals surface area contributed by atoms with Crippen molar-refractivity contribution >= 4 is 46.4 Å². The summed E-state index contributed by atoms with van der Waals surface area (Å²) in [4.78, 5) is 51.6. The average Bonchev–Trinajstić information content (AvgIpc) is 3.42. The van der Waals surface area contributed by atoms with Crippen LogP contribution in [0.4, 0.5) is 8.78 Å². The van der Waals surface area contributed by atoms with E-state index >= 15 is 8.78 Å². The number of ether oxygens (including phenoxy) is 1. The molecule has 1 aromatic heterocycles. The molecule has 0 radical (unpaired) electrons. The highest BCUT2D eigenvalue weighted by Crippen LogP contribution is 2.71. The van der Waals surface area contributed by atoms with E-state index in [4.69, 9.17) is 16.3 Å². The van der Waals surface area contributed by atoms with Gasteiger partial charge in [0, 0.05) is 41.1 Å². The summed E-state index contributed by atoms with van der Waals surface area (Å²) in [6.45, 7) is 6.17. The van der Waals surface area contributed by atoms with E-state index in [9.17, 15) is 29.4 Å². The van der Waals surface area contributed by atoms with E-state index in [1.165, 1.54) is 26.0 Å². The zero-order valence-electron chi connectivity index (χ0n) is 23.2. The van der Waals surface area contributed by atoms with Crippen molar-refractivity contribution < 1.29 is 42.9 Å². The number of halogens is 3. The van der Waals surface area contributed by atoms with Gasteiger partial charge in [-0.2, -0.15) is 0 Å². The number of carboxylic acids is 1. The van der Waals surface area contributed by atoms with Gasteiger partial charge >= 0.3 is 11.9 Å². The number of hydrogen-bond acceptors (Lipinski definition) is 7. The molecule has 222 valence electrons. The Labute approximate surface area is 245 Å². The van der Waals surface area contributed by atoms with E-state index in [2.05, 4.69) is 0 Å². The fourth-order valence-corrected chi connectivity index (χ4v) is 9.51. The Morgan fingerprint density at radius 3 is 2.46 bits per heavy atom. The molecular formula is C30H33ClF2O7S. The first-order chi connectivity index (χ1) is 19.1. The number of ketones is 2. The van der Waals surface area contributed by atoms with Crippen LogP contribution in [0, 0.1) is 28.6 Å². The molecule has 4 aliphatic rings. The van der Waals surface area contributed by atoms with Gasteiger partial charge in [-0.05, 0) is 55.9 Å². The quantitative estimate of drug-likeness (QED) is 0.314. The van der Waals surface area contributed by atoms with Crippen LogP contribution in [0.1, 0.15) is 69.5 Å². The van der Waals surface area contributed by atoms with Gasteiger partial charge < -0.3 is 14.9 Å². The van der Waals surface area contributed by atoms with Crippen molar-refractivity contribution in [2.24, 2.45) is 28.6 Å². The number of aliphatic hydroxyl groups excluding tert-OH is 1. The summed E-state index contributed by atoms with van der Waals surface area (Å²) in [6.07, 6.45) is -2.20. The molecule has 9 atom stereocenters. The summed E-state index contributed by atoms with van der Waals surface area (Å²) >= 11 is 7.00. The van der Waals surface area contributed by atoms with Crippen molar-refractivity contribution in [1.29, 1.82) is 0 Å². The summed E-state index contributed by atoms with van der Waals surface area (Å²) in [5.41, 5.74) is -7.82. The zero-order valence-corrected chi connectivity index (χ0v) is 24.8. The summed E-state index contributed by atoms with van der Waals surface area (Å²) in [6, 6.07) is 3.09. The van der Waals surface area contributed by atoms with Gasteiger partial charge in [0.1, 0.15) is 6.17 Å². The number of carboxylic acid groups (broad SMARTS) is 1. The SMILES string of the molecule is CCC(=O)O[C@]1(C(=O)O)[C@H](C)C[C@H]2[C@@H]3C[C@H](F)C4=CC(=O)C(CC(=O)c5ccc(Cl)s5)=C[C@]4(C)[C@@]3(F)[C@@H](O)C[C@@]21C. The third-order valence-corrected chi connectivity index (χ3v) is 11.7. The van der Waals surface area contributed by atoms with Crippen LogP contribution in [0.3, 0.4) is 0 Å². The second-order valence-corrected chi connectivity index (χ2v) is 14.1. The van der Waals surface area contributed by atoms with E-state index in [-0.39, 0.29) is 43.3 Å². The molecule has 0 spiro atoms. The second kappa shape index (κ2) is 9.81. The Morgan fingerprint density at radius 1 is 1.20 bits per heavy atom. The first kappa shape index (κ1) is 30.0. The van der Waals surface area contributed by atoms with E-state index in [0.717, 1.165) is 17.4 Å². The Hall–Kier alpha value is -2.43. The monoisotopic (exact) mass is 610 g/mol. The van der Waals surface area contributed by atoms with Crippen molar-refractivity contribution in [2.45, 2.75) is 83.3 Å². The highest BCUT2D eigenvalue weighted by molar-refractivity contribution is 7.18. The van der Waals surface area contributed by atoms with E-state index in [1.54, 1.807) is 19.9 Å². The van der Waals surface area contributed by atoms with Crippen LogP contribution in [0.5, 0.6) is 0 Å². The van der Waals surface area contributed by atoms with Crippen molar-refractivity contribution in [3.63, 3.8) is 0 Å². The Balaban J connectivity index is 1.59. The minimum absolute atomic E-state index is 0.00673. The van der Waals surface area contributed by atoms with Crippen LogP contribution < -0.4 is 0 Å². The van der Waals surface area contributed by atoms with Crippen molar-refractivity contribution in [3.05, 3.63) is 44.6 Å². The summed E-state index contributed by atoms with van der Waals surface area (Å²) < 4.78 is 39.8. The first-order valence-corrected chi connectivity index (χ1v) is 15.0. The lowest BCUT2D eigenvalue weighted by Crippen LogP contribution is -2.71. The van der Waals surface area contributed by atoms with E-state index < -0.39 is 75.6 Å². The topological polar surface area (TPSA) is 118 Å². The number of rotatable bonds is 6. The van der Waals surface area contributed by atoms with Crippen LogP contribution in [-0.2, 0) is 19.1 Å². The molecule has 5 rings (SSSR count). The molecule has 11 heteroatoms. The minimum atomic E-state index is -2.49. The lowest BCUT2D eigenvalue weighted by atomic mass is 9.44. The minimum Gasteiger partial charge on any atom is -0.478 e. The summed E-state index contributed by atoms with van der Waals surface area (Å²) in [7, 11) is 0. The van der Waals surface area contributed by atoms with Gasteiger partial charge in [0.15, 0.2) is 17.2 Å². The zero-order chi connectivity index (χ0) is 30.3. The van der Waals surface area contributed by atoms with Gasteiger partial charge in [0.05, 0.1) is 15.3 Å². The van der Waals surface area contributed by atoms with Gasteiger partial charge in [0.25, 0.3) is 0 Å². The Morgan fingerprint density at radius 2 is 1.88 bits per heavy atom. The average molecular weight is 611 g/mol. The number of carbonyl (C=O) groups is 4. The number of thiophene rings is 1. The highest BCUT2D eigenvalue weighted by atomic mass is 35.5. The largest absolute Gasteiger partial charge is 0.478 e. The highest BCUT2D eigenvalue weighted by Gasteiger charge is 2.78. The summed E-state index contributed by atoms with van der Waals surface area (Å²) in [5, 5.41) is 22.1. The molecule has 0 aromatic carbocycles. The molecule has 4 aliphatic carbocycles. The van der Waals surface area contributed by atoms with Gasteiger partial charge in [-0.15, -0.1) is 11.3 Å². The number of aliphatic hydroxyl groups is 1. The lowest BCUT2D eigenvalue weighted by Gasteiger charge is -2.63. The third-order valence-electron chi connectivity index (χ3n) is 10.4. The number of Topliss-reactive ketones (excluding diaryl/α,β-unsaturated/α-hetero) is 1. The third kappa shape index (κ3) is 3.96. The Bertz CT molecular complexity index is 1400. The van der Waals surface area contributed by atoms with Crippen LogP contribution in [-0.4, -0.2) is 57.3 Å². The van der Waals surface area contributed by atoms with Gasteiger partial charge in [0.2, 0.25) is 5.60 Å². The molecule has 0 saturated heterocycles. The first-order valence-electron chi connectivity index (χ1n) is 13.8. The fourth-order valence-electron chi connectivity index (χ4n) is 8.53. The molecular weight excluding hydrogens is 578 g/mol. The predicted molar refractivity (Wildman–Crippen MR) is 147 cm³/mol. The number of hydrogen-bond donors (Lipinski definition) is 2. The van der Waals surface area contributed by atoms with Gasteiger partial charge in [-0.1, -0.05) is 38.4 Å². The van der Waals surface area contributed by atoms with Gasteiger partial charge in [-0.25, -0.2) is 13.6 Å². The number of carbonyl (C=O) groups excluding carboxylic acids is 3. The molecule has 3 saturated carbocycles. The van der Waals surface area contributed by atoms with Crippen molar-refractivity contribution in [1.82, 2.24) is 0 Å². The standard InChI is InChI=1S/C30H33ClF2O7S/c1-5-25(37)40-30(26(38)39)14(2)8-16-17-10-19(32)18-11-20(34)15(9-21(35)22-6-7-24(31)41-22)12-27(18,3)29(17,33)23(36)13-28(16,30)4/h6-7,11-12,14,16-17,19,23,36H,5,8-10,13H2,1-4H3,(H,38,39)/t14-,16+,17+,19+,23+,27+,28+,29+,30+/m1/s1. The molecule has 0 amide bonds. The molecule has 1 aromatic rings. The Kier molecular flexibility index (Phi) is 7.19. The van der Waals surface area contributed by atoms with E-state index in [0.29, 0.717) is 9.21 Å². The molecule has 3 fully saturated rings. The lowest BCUT2D eigenvalue weighted by molar-refractivity contribution is -0.237. The van der Waals surface area contributed by atoms with Crippen molar-refractivity contribution in [3.8, 4) is 0 Å². The normalized spacial score (nSPS) is 41.5. The van der Waals surface area contributed by atoms with Crippen LogP contribution >= 0.6 is 22.9 Å². The molecule has 1 heterocycles.